The molecule has 0 unspecified atom stereocenters. The Morgan fingerprint density at radius 2 is 1.73 bits per heavy atom. The molecule has 0 saturated carbocycles. The van der Waals surface area contributed by atoms with Crippen LogP contribution in [0.15, 0.2) is 47.6 Å². The van der Waals surface area contributed by atoms with E-state index in [9.17, 15) is 14.4 Å². The molecule has 0 aliphatic rings. The third-order valence-electron chi connectivity index (χ3n) is 3.76. The molecule has 0 radical (unpaired) electrons. The number of amides is 3. The predicted molar refractivity (Wildman–Crippen MR) is 108 cm³/mol. The third-order valence-corrected chi connectivity index (χ3v) is 3.76. The normalized spacial score (nSPS) is 10.3. The molecule has 10 nitrogen and oxygen atoms in total. The Morgan fingerprint density at radius 3 is 2.37 bits per heavy atom. The summed E-state index contributed by atoms with van der Waals surface area (Å²) in [5.41, 5.74) is 8.56. The van der Waals surface area contributed by atoms with Gasteiger partial charge in [0.15, 0.2) is 18.1 Å². The van der Waals surface area contributed by atoms with Crippen molar-refractivity contribution in [3.8, 4) is 17.2 Å². The van der Waals surface area contributed by atoms with Crippen LogP contribution in [0.25, 0.3) is 0 Å². The number of methoxy groups -OCH3 is 2. The molecule has 0 saturated heterocycles. The highest BCUT2D eigenvalue weighted by Gasteiger charge is 2.12. The highest BCUT2D eigenvalue weighted by molar-refractivity contribution is 6.35. The molecule has 0 aliphatic heterocycles. The van der Waals surface area contributed by atoms with E-state index in [0.717, 1.165) is 5.56 Å². The minimum absolute atomic E-state index is 0.184. The van der Waals surface area contributed by atoms with Gasteiger partial charge < -0.3 is 25.3 Å². The topological polar surface area (TPSA) is 141 Å². The van der Waals surface area contributed by atoms with Crippen molar-refractivity contribution in [2.45, 2.75) is 6.54 Å². The summed E-state index contributed by atoms with van der Waals surface area (Å²) >= 11 is 0. The molecule has 4 N–H and O–H groups in total. The van der Waals surface area contributed by atoms with E-state index in [2.05, 4.69) is 15.8 Å². The fourth-order valence-corrected chi connectivity index (χ4v) is 2.25. The smallest absolute Gasteiger partial charge is 0.329 e. The zero-order valence-electron chi connectivity index (χ0n) is 16.5. The molecule has 2 rings (SSSR count). The first kappa shape index (κ1) is 22.2. The van der Waals surface area contributed by atoms with Crippen LogP contribution in [0.2, 0.25) is 0 Å². The first-order valence-electron chi connectivity index (χ1n) is 8.76. The van der Waals surface area contributed by atoms with Gasteiger partial charge in [-0.3, -0.25) is 14.4 Å². The molecule has 2 aromatic rings. The highest BCUT2D eigenvalue weighted by atomic mass is 16.5. The first-order valence-corrected chi connectivity index (χ1v) is 8.76. The van der Waals surface area contributed by atoms with Gasteiger partial charge in [-0.15, -0.1) is 0 Å². The van der Waals surface area contributed by atoms with Crippen molar-refractivity contribution < 1.29 is 28.6 Å². The van der Waals surface area contributed by atoms with Crippen LogP contribution in [0.5, 0.6) is 17.2 Å². The van der Waals surface area contributed by atoms with Crippen molar-refractivity contribution in [1.29, 1.82) is 0 Å². The van der Waals surface area contributed by atoms with E-state index in [0.29, 0.717) is 22.8 Å². The van der Waals surface area contributed by atoms with Gasteiger partial charge in [-0.05, 0) is 41.5 Å². The molecule has 0 atom stereocenters. The fourth-order valence-electron chi connectivity index (χ4n) is 2.25. The van der Waals surface area contributed by atoms with E-state index in [1.54, 1.807) is 49.6 Å². The number of nitrogens with zero attached hydrogens (tertiary/aromatic N) is 1. The van der Waals surface area contributed by atoms with Crippen LogP contribution >= 0.6 is 0 Å². The van der Waals surface area contributed by atoms with E-state index < -0.39 is 17.7 Å². The molecule has 30 heavy (non-hydrogen) atoms. The number of carbonyl (C=O) groups excluding carboxylic acids is 3. The average molecular weight is 414 g/mol. The van der Waals surface area contributed by atoms with Crippen molar-refractivity contribution >= 4 is 23.9 Å². The first-order chi connectivity index (χ1) is 14.4. The van der Waals surface area contributed by atoms with Gasteiger partial charge in [0.05, 0.1) is 20.4 Å². The Bertz CT molecular complexity index is 927. The van der Waals surface area contributed by atoms with Crippen LogP contribution in [-0.4, -0.2) is 44.8 Å². The number of hydrazone groups is 1. The minimum Gasteiger partial charge on any atom is -0.497 e. The molecule has 2 aromatic carbocycles. The molecule has 158 valence electrons. The summed E-state index contributed by atoms with van der Waals surface area (Å²) < 4.78 is 15.5. The summed E-state index contributed by atoms with van der Waals surface area (Å²) in [6.07, 6.45) is 1.33. The maximum atomic E-state index is 11.9. The molecular formula is C20H22N4O6. The SMILES string of the molecule is COc1ccc(CNC(=O)C(=O)N/N=C\c2ccc(OCC(N)=O)c(OC)c2)cc1. The number of rotatable bonds is 9. The summed E-state index contributed by atoms with van der Waals surface area (Å²) in [4.78, 5) is 34.5. The van der Waals surface area contributed by atoms with Crippen LogP contribution in [0, 0.1) is 0 Å². The second-order valence-corrected chi connectivity index (χ2v) is 5.90. The van der Waals surface area contributed by atoms with E-state index in [4.69, 9.17) is 19.9 Å². The van der Waals surface area contributed by atoms with Crippen LogP contribution in [-0.2, 0) is 20.9 Å². The van der Waals surface area contributed by atoms with Crippen molar-refractivity contribution in [3.63, 3.8) is 0 Å². The van der Waals surface area contributed by atoms with Crippen LogP contribution in [0.3, 0.4) is 0 Å². The summed E-state index contributed by atoms with van der Waals surface area (Å²) in [7, 11) is 2.99. The Kier molecular flexibility index (Phi) is 8.18. The Labute approximate surface area is 173 Å². The minimum atomic E-state index is -0.909. The van der Waals surface area contributed by atoms with E-state index in [1.807, 2.05) is 0 Å². The van der Waals surface area contributed by atoms with Gasteiger partial charge in [-0.2, -0.15) is 5.10 Å². The van der Waals surface area contributed by atoms with Gasteiger partial charge in [-0.1, -0.05) is 12.1 Å². The van der Waals surface area contributed by atoms with Gasteiger partial charge in [0.2, 0.25) is 0 Å². The molecule has 3 amide bonds. The number of nitrogens with two attached hydrogens (primary N) is 1. The van der Waals surface area contributed by atoms with Gasteiger partial charge >= 0.3 is 11.8 Å². The third kappa shape index (κ3) is 6.82. The predicted octanol–water partition coefficient (Wildman–Crippen LogP) is 0.334. The van der Waals surface area contributed by atoms with E-state index >= 15 is 0 Å². The number of hydrogen-bond donors (Lipinski definition) is 3. The van der Waals surface area contributed by atoms with Crippen molar-refractivity contribution in [3.05, 3.63) is 53.6 Å². The summed E-state index contributed by atoms with van der Waals surface area (Å²) in [6.45, 7) is -0.102. The van der Waals surface area contributed by atoms with Gasteiger partial charge in [-0.25, -0.2) is 5.43 Å². The lowest BCUT2D eigenvalue weighted by atomic mass is 10.2. The maximum absolute atomic E-state index is 11.9. The van der Waals surface area contributed by atoms with Crippen LogP contribution in [0.1, 0.15) is 11.1 Å². The van der Waals surface area contributed by atoms with Gasteiger partial charge in [0.1, 0.15) is 5.75 Å². The van der Waals surface area contributed by atoms with E-state index in [1.165, 1.54) is 13.3 Å². The zero-order chi connectivity index (χ0) is 21.9. The molecular weight excluding hydrogens is 392 g/mol. The van der Waals surface area contributed by atoms with Crippen molar-refractivity contribution in [2.24, 2.45) is 10.8 Å². The lowest BCUT2D eigenvalue weighted by Gasteiger charge is -2.09. The number of primary amides is 1. The second-order valence-electron chi connectivity index (χ2n) is 5.90. The summed E-state index contributed by atoms with van der Waals surface area (Å²) in [6, 6.07) is 11.8. The summed E-state index contributed by atoms with van der Waals surface area (Å²) in [5, 5.41) is 6.24. The molecule has 0 aromatic heterocycles. The monoisotopic (exact) mass is 414 g/mol. The number of hydrogen-bond acceptors (Lipinski definition) is 7. The maximum Gasteiger partial charge on any atom is 0.329 e. The second kappa shape index (κ2) is 11.1. The molecule has 0 fully saturated rings. The Balaban J connectivity index is 1.86. The van der Waals surface area contributed by atoms with Crippen molar-refractivity contribution in [2.75, 3.05) is 20.8 Å². The largest absolute Gasteiger partial charge is 0.497 e. The molecule has 0 aliphatic carbocycles. The molecule has 0 spiro atoms. The van der Waals surface area contributed by atoms with E-state index in [-0.39, 0.29) is 13.2 Å². The number of nitrogens with one attached hydrogen (secondary N) is 2. The highest BCUT2D eigenvalue weighted by Crippen LogP contribution is 2.27. The Hall–Kier alpha value is -4.08. The zero-order valence-corrected chi connectivity index (χ0v) is 16.5. The van der Waals surface area contributed by atoms with Crippen LogP contribution in [0.4, 0.5) is 0 Å². The molecule has 0 heterocycles. The molecule has 0 bridgehead atoms. The van der Waals surface area contributed by atoms with Crippen LogP contribution < -0.4 is 30.7 Å². The van der Waals surface area contributed by atoms with Gasteiger partial charge in [0.25, 0.3) is 5.91 Å². The lowest BCUT2D eigenvalue weighted by molar-refractivity contribution is -0.139. The lowest BCUT2D eigenvalue weighted by Crippen LogP contribution is -2.37. The summed E-state index contributed by atoms with van der Waals surface area (Å²) in [5.74, 6) is -0.972. The molecule has 10 heteroatoms. The standard InChI is InChI=1S/C20H22N4O6/c1-28-15-6-3-13(4-7-15)10-22-19(26)20(27)24-23-11-14-5-8-16(17(9-14)29-2)30-12-18(21)25/h3-9,11H,10,12H2,1-2H3,(H2,21,25)(H,22,26)(H,24,27)/b23-11-. The quantitative estimate of drug-likeness (QED) is 0.307. The average Bonchev–Trinajstić information content (AvgIpc) is 2.76. The number of benzene rings is 2. The Morgan fingerprint density at radius 1 is 1.00 bits per heavy atom. The van der Waals surface area contributed by atoms with Gasteiger partial charge in [0, 0.05) is 6.54 Å². The number of carbonyl (C=O) groups is 3. The number of ether oxygens (including phenoxy) is 3. The van der Waals surface area contributed by atoms with Crippen molar-refractivity contribution in [1.82, 2.24) is 10.7 Å². The fraction of sp³-hybridized carbons (Fsp3) is 0.200.